The molecular weight excluding hydrogens is 222 g/mol. The standard InChI is InChI=1S/C12H25NO2S/c1-11(2)13-9-6-10-16(14,15)12-7-4-3-5-8-12/h11-13H,3-10H2,1-2H3. The van der Waals surface area contributed by atoms with Crippen LogP contribution in [0.15, 0.2) is 0 Å². The number of hydrogen-bond donors (Lipinski definition) is 1. The quantitative estimate of drug-likeness (QED) is 0.731. The van der Waals surface area contributed by atoms with Crippen molar-refractivity contribution in [3.05, 3.63) is 0 Å². The van der Waals surface area contributed by atoms with E-state index in [1.807, 2.05) is 0 Å². The highest BCUT2D eigenvalue weighted by Gasteiger charge is 2.26. The molecule has 0 bridgehead atoms. The van der Waals surface area contributed by atoms with Crippen LogP contribution < -0.4 is 5.32 Å². The van der Waals surface area contributed by atoms with Gasteiger partial charge < -0.3 is 5.32 Å². The van der Waals surface area contributed by atoms with Crippen molar-refractivity contribution in [3.8, 4) is 0 Å². The van der Waals surface area contributed by atoms with E-state index in [0.717, 1.165) is 38.6 Å². The molecule has 0 amide bonds. The van der Waals surface area contributed by atoms with Crippen molar-refractivity contribution in [1.29, 1.82) is 0 Å². The normalized spacial score (nSPS) is 19.2. The summed E-state index contributed by atoms with van der Waals surface area (Å²) in [4.78, 5) is 0. The van der Waals surface area contributed by atoms with Crippen molar-refractivity contribution in [2.75, 3.05) is 12.3 Å². The second kappa shape index (κ2) is 6.60. The maximum atomic E-state index is 12.0. The number of nitrogens with one attached hydrogen (secondary N) is 1. The van der Waals surface area contributed by atoms with E-state index in [1.54, 1.807) is 0 Å². The van der Waals surface area contributed by atoms with Crippen LogP contribution in [0.5, 0.6) is 0 Å². The predicted octanol–water partition coefficient (Wildman–Crippen LogP) is 2.12. The number of hydrogen-bond acceptors (Lipinski definition) is 3. The molecule has 4 heteroatoms. The van der Waals surface area contributed by atoms with E-state index in [9.17, 15) is 8.42 Å². The van der Waals surface area contributed by atoms with Crippen molar-refractivity contribution in [2.45, 2.75) is 63.7 Å². The lowest BCUT2D eigenvalue weighted by atomic mass is 10.0. The van der Waals surface area contributed by atoms with E-state index in [4.69, 9.17) is 0 Å². The average molecular weight is 247 g/mol. The summed E-state index contributed by atoms with van der Waals surface area (Å²) in [5.41, 5.74) is 0. The Morgan fingerprint density at radius 2 is 1.81 bits per heavy atom. The summed E-state index contributed by atoms with van der Waals surface area (Å²) in [6.07, 6.45) is 5.92. The molecular formula is C12H25NO2S. The Balaban J connectivity index is 2.27. The van der Waals surface area contributed by atoms with Gasteiger partial charge in [0.25, 0.3) is 0 Å². The first-order valence-corrected chi connectivity index (χ1v) is 8.19. The molecule has 0 unspecified atom stereocenters. The third kappa shape index (κ3) is 4.83. The van der Waals surface area contributed by atoms with E-state index < -0.39 is 9.84 Å². The van der Waals surface area contributed by atoms with Crippen LogP contribution in [0.25, 0.3) is 0 Å². The van der Waals surface area contributed by atoms with Gasteiger partial charge in [0.15, 0.2) is 9.84 Å². The van der Waals surface area contributed by atoms with Gasteiger partial charge >= 0.3 is 0 Å². The Labute approximate surface area is 99.9 Å². The lowest BCUT2D eigenvalue weighted by Crippen LogP contribution is -2.29. The third-order valence-corrected chi connectivity index (χ3v) is 5.56. The molecule has 1 rings (SSSR count). The van der Waals surface area contributed by atoms with Gasteiger partial charge in [-0.25, -0.2) is 8.42 Å². The van der Waals surface area contributed by atoms with Gasteiger partial charge in [-0.1, -0.05) is 33.1 Å². The molecule has 0 aromatic rings. The SMILES string of the molecule is CC(C)NCCCS(=O)(=O)C1CCCCC1. The molecule has 0 aromatic heterocycles. The van der Waals surface area contributed by atoms with Crippen LogP contribution in [0.4, 0.5) is 0 Å². The summed E-state index contributed by atoms with van der Waals surface area (Å²) in [6, 6.07) is 0.442. The van der Waals surface area contributed by atoms with E-state index >= 15 is 0 Å². The number of sulfone groups is 1. The monoisotopic (exact) mass is 247 g/mol. The minimum absolute atomic E-state index is 0.0414. The second-order valence-corrected chi connectivity index (χ2v) is 7.49. The van der Waals surface area contributed by atoms with Crippen LogP contribution in [0.1, 0.15) is 52.4 Å². The first-order valence-electron chi connectivity index (χ1n) is 6.47. The van der Waals surface area contributed by atoms with Gasteiger partial charge in [-0.15, -0.1) is 0 Å². The Morgan fingerprint density at radius 3 is 2.38 bits per heavy atom. The van der Waals surface area contributed by atoms with Gasteiger partial charge in [0.05, 0.1) is 11.0 Å². The molecule has 0 heterocycles. The fourth-order valence-corrected chi connectivity index (χ4v) is 4.19. The largest absolute Gasteiger partial charge is 0.314 e. The van der Waals surface area contributed by atoms with Crippen molar-refractivity contribution in [3.63, 3.8) is 0 Å². The first-order chi connectivity index (χ1) is 7.52. The van der Waals surface area contributed by atoms with Gasteiger partial charge in [-0.3, -0.25) is 0 Å². The van der Waals surface area contributed by atoms with Gasteiger partial charge in [-0.05, 0) is 25.8 Å². The Morgan fingerprint density at radius 1 is 1.19 bits per heavy atom. The van der Waals surface area contributed by atoms with Crippen LogP contribution in [0, 0.1) is 0 Å². The predicted molar refractivity (Wildman–Crippen MR) is 68.4 cm³/mol. The molecule has 0 aromatic carbocycles. The van der Waals surface area contributed by atoms with E-state index in [-0.39, 0.29) is 5.25 Å². The van der Waals surface area contributed by atoms with Gasteiger partial charge in [0.2, 0.25) is 0 Å². The Bertz CT molecular complexity index is 279. The summed E-state index contributed by atoms with van der Waals surface area (Å²) >= 11 is 0. The fourth-order valence-electron chi connectivity index (χ4n) is 2.26. The van der Waals surface area contributed by atoms with Crippen molar-refractivity contribution in [2.24, 2.45) is 0 Å². The molecule has 3 nitrogen and oxygen atoms in total. The maximum absolute atomic E-state index is 12.0. The van der Waals surface area contributed by atoms with Crippen molar-refractivity contribution in [1.82, 2.24) is 5.32 Å². The zero-order valence-corrected chi connectivity index (χ0v) is 11.4. The topological polar surface area (TPSA) is 46.2 Å². The van der Waals surface area contributed by atoms with Crippen molar-refractivity contribution >= 4 is 9.84 Å². The zero-order valence-electron chi connectivity index (χ0n) is 10.5. The highest BCUT2D eigenvalue weighted by molar-refractivity contribution is 7.92. The molecule has 1 aliphatic carbocycles. The van der Waals surface area contributed by atoms with Gasteiger partial charge in [0, 0.05) is 6.04 Å². The minimum atomic E-state index is -2.82. The molecule has 16 heavy (non-hydrogen) atoms. The summed E-state index contributed by atoms with van der Waals surface area (Å²) in [5.74, 6) is 0.359. The molecule has 0 aliphatic heterocycles. The summed E-state index contributed by atoms with van der Waals surface area (Å²) in [6.45, 7) is 4.97. The summed E-state index contributed by atoms with van der Waals surface area (Å²) in [7, 11) is -2.82. The molecule has 0 saturated heterocycles. The Hall–Kier alpha value is -0.0900. The zero-order chi connectivity index (χ0) is 12.0. The highest BCUT2D eigenvalue weighted by Crippen LogP contribution is 2.24. The second-order valence-electron chi connectivity index (χ2n) is 5.09. The molecule has 0 radical (unpaired) electrons. The van der Waals surface area contributed by atoms with E-state index in [2.05, 4.69) is 19.2 Å². The third-order valence-electron chi connectivity index (χ3n) is 3.22. The molecule has 1 aliphatic rings. The van der Waals surface area contributed by atoms with Crippen LogP contribution in [-0.2, 0) is 9.84 Å². The van der Waals surface area contributed by atoms with Crippen LogP contribution in [0.2, 0.25) is 0 Å². The maximum Gasteiger partial charge on any atom is 0.153 e. The lowest BCUT2D eigenvalue weighted by molar-refractivity contribution is 0.481. The van der Waals surface area contributed by atoms with Crippen LogP contribution >= 0.6 is 0 Å². The number of rotatable bonds is 6. The molecule has 96 valence electrons. The average Bonchev–Trinajstić information content (AvgIpc) is 2.26. The fraction of sp³-hybridized carbons (Fsp3) is 1.00. The highest BCUT2D eigenvalue weighted by atomic mass is 32.2. The molecule has 1 saturated carbocycles. The molecule has 0 spiro atoms. The van der Waals surface area contributed by atoms with E-state index in [0.29, 0.717) is 11.8 Å². The summed E-state index contributed by atoms with van der Waals surface area (Å²) < 4.78 is 24.0. The van der Waals surface area contributed by atoms with Gasteiger partial charge in [-0.2, -0.15) is 0 Å². The van der Waals surface area contributed by atoms with Crippen LogP contribution in [-0.4, -0.2) is 32.0 Å². The molecule has 1 N–H and O–H groups in total. The minimum Gasteiger partial charge on any atom is -0.314 e. The smallest absolute Gasteiger partial charge is 0.153 e. The molecule has 1 fully saturated rings. The van der Waals surface area contributed by atoms with Crippen LogP contribution in [0.3, 0.4) is 0 Å². The lowest BCUT2D eigenvalue weighted by Gasteiger charge is -2.21. The first kappa shape index (κ1) is 14.0. The Kier molecular flexibility index (Phi) is 5.76. The molecule has 0 atom stereocenters. The summed E-state index contributed by atoms with van der Waals surface area (Å²) in [5, 5.41) is 3.22. The van der Waals surface area contributed by atoms with E-state index in [1.165, 1.54) is 6.42 Å². The van der Waals surface area contributed by atoms with Gasteiger partial charge in [0.1, 0.15) is 0 Å². The van der Waals surface area contributed by atoms with Crippen molar-refractivity contribution < 1.29 is 8.42 Å².